The second kappa shape index (κ2) is 7.82. The fourth-order valence-electron chi connectivity index (χ4n) is 2.57. The van der Waals surface area contributed by atoms with Crippen LogP contribution in [0.15, 0.2) is 48.5 Å². The summed E-state index contributed by atoms with van der Waals surface area (Å²) in [6.45, 7) is 7.33. The summed E-state index contributed by atoms with van der Waals surface area (Å²) in [6.07, 6.45) is 0.898. The van der Waals surface area contributed by atoms with Gasteiger partial charge in [-0.1, -0.05) is 49.7 Å². The molecule has 0 saturated heterocycles. The largest absolute Gasteiger partial charge is 0.478 e. The van der Waals surface area contributed by atoms with Crippen molar-refractivity contribution in [1.82, 2.24) is 5.32 Å². The maximum Gasteiger partial charge on any atom is 0.335 e. The molecule has 0 saturated carbocycles. The molecule has 24 heavy (non-hydrogen) atoms. The standard InChI is InChI=1S/C20H24ClNO2/c1-14(2)20(3,12-15-6-10-18(21)11-7-15)22-13-16-4-8-17(9-5-16)19(23)24/h4-11,14,22H,12-13H2,1-3H3,(H,23,24). The molecule has 2 rings (SSSR count). The number of hydrogen-bond donors (Lipinski definition) is 2. The van der Waals surface area contributed by atoms with E-state index >= 15 is 0 Å². The molecule has 1 unspecified atom stereocenters. The zero-order chi connectivity index (χ0) is 17.7. The van der Waals surface area contributed by atoms with Crippen LogP contribution in [0.3, 0.4) is 0 Å². The molecule has 0 amide bonds. The van der Waals surface area contributed by atoms with Crippen LogP contribution in [0.1, 0.15) is 42.3 Å². The fourth-order valence-corrected chi connectivity index (χ4v) is 2.69. The zero-order valence-electron chi connectivity index (χ0n) is 14.3. The van der Waals surface area contributed by atoms with Crippen molar-refractivity contribution in [3.8, 4) is 0 Å². The Morgan fingerprint density at radius 1 is 1.08 bits per heavy atom. The van der Waals surface area contributed by atoms with Crippen LogP contribution in [0.25, 0.3) is 0 Å². The highest BCUT2D eigenvalue weighted by Crippen LogP contribution is 2.24. The monoisotopic (exact) mass is 345 g/mol. The van der Waals surface area contributed by atoms with Crippen molar-refractivity contribution in [2.24, 2.45) is 5.92 Å². The van der Waals surface area contributed by atoms with Gasteiger partial charge in [0.05, 0.1) is 5.56 Å². The Labute approximate surface area is 148 Å². The van der Waals surface area contributed by atoms with Crippen LogP contribution in [0.5, 0.6) is 0 Å². The van der Waals surface area contributed by atoms with Crippen molar-refractivity contribution < 1.29 is 9.90 Å². The lowest BCUT2D eigenvalue weighted by Crippen LogP contribution is -2.48. The highest BCUT2D eigenvalue weighted by Gasteiger charge is 2.28. The third-order valence-electron chi connectivity index (χ3n) is 4.66. The first-order valence-corrected chi connectivity index (χ1v) is 8.50. The summed E-state index contributed by atoms with van der Waals surface area (Å²) in [7, 11) is 0. The van der Waals surface area contributed by atoms with Crippen molar-refractivity contribution in [2.45, 2.75) is 39.3 Å². The van der Waals surface area contributed by atoms with E-state index in [1.54, 1.807) is 12.1 Å². The average Bonchev–Trinajstić information content (AvgIpc) is 2.55. The first-order chi connectivity index (χ1) is 11.3. The first kappa shape index (κ1) is 18.5. The number of carbonyl (C=O) groups is 1. The van der Waals surface area contributed by atoms with Crippen molar-refractivity contribution in [1.29, 1.82) is 0 Å². The van der Waals surface area contributed by atoms with Crippen LogP contribution in [-0.2, 0) is 13.0 Å². The minimum atomic E-state index is -0.899. The summed E-state index contributed by atoms with van der Waals surface area (Å²) < 4.78 is 0. The molecule has 0 radical (unpaired) electrons. The molecule has 0 aromatic heterocycles. The third kappa shape index (κ3) is 4.83. The minimum absolute atomic E-state index is 0.0701. The summed E-state index contributed by atoms with van der Waals surface area (Å²) in [4.78, 5) is 10.9. The van der Waals surface area contributed by atoms with Gasteiger partial charge in [0, 0.05) is 17.1 Å². The van der Waals surface area contributed by atoms with Crippen molar-refractivity contribution >= 4 is 17.6 Å². The van der Waals surface area contributed by atoms with Gasteiger partial charge in [0.15, 0.2) is 0 Å². The van der Waals surface area contributed by atoms with Crippen LogP contribution >= 0.6 is 11.6 Å². The predicted octanol–water partition coefficient (Wildman–Crippen LogP) is 4.79. The SMILES string of the molecule is CC(C)C(C)(Cc1ccc(Cl)cc1)NCc1ccc(C(=O)O)cc1. The summed E-state index contributed by atoms with van der Waals surface area (Å²) in [6, 6.07) is 15.0. The molecule has 3 nitrogen and oxygen atoms in total. The lowest BCUT2D eigenvalue weighted by molar-refractivity contribution is 0.0697. The molecule has 0 heterocycles. The van der Waals surface area contributed by atoms with E-state index in [2.05, 4.69) is 38.2 Å². The van der Waals surface area contributed by atoms with Crippen molar-refractivity contribution in [3.05, 3.63) is 70.2 Å². The van der Waals surface area contributed by atoms with Crippen LogP contribution in [0, 0.1) is 5.92 Å². The highest BCUT2D eigenvalue weighted by molar-refractivity contribution is 6.30. The molecule has 2 aromatic rings. The number of carboxylic acid groups (broad SMARTS) is 1. The van der Waals surface area contributed by atoms with Gasteiger partial charge in [0.2, 0.25) is 0 Å². The van der Waals surface area contributed by atoms with Crippen LogP contribution in [0.2, 0.25) is 5.02 Å². The molecule has 0 fully saturated rings. The van der Waals surface area contributed by atoms with E-state index in [1.807, 2.05) is 24.3 Å². The van der Waals surface area contributed by atoms with Crippen molar-refractivity contribution in [2.75, 3.05) is 0 Å². The number of hydrogen-bond acceptors (Lipinski definition) is 2. The molecule has 0 aliphatic carbocycles. The third-order valence-corrected chi connectivity index (χ3v) is 4.91. The van der Waals surface area contributed by atoms with Gasteiger partial charge in [-0.25, -0.2) is 4.79 Å². The van der Waals surface area contributed by atoms with Gasteiger partial charge in [0.1, 0.15) is 0 Å². The van der Waals surface area contributed by atoms with Crippen molar-refractivity contribution in [3.63, 3.8) is 0 Å². The smallest absolute Gasteiger partial charge is 0.335 e. The molecule has 1 atom stereocenters. The molecule has 0 bridgehead atoms. The fraction of sp³-hybridized carbons (Fsp3) is 0.350. The average molecular weight is 346 g/mol. The van der Waals surface area contributed by atoms with Gasteiger partial charge in [-0.2, -0.15) is 0 Å². The van der Waals surface area contributed by atoms with E-state index in [4.69, 9.17) is 16.7 Å². The lowest BCUT2D eigenvalue weighted by Gasteiger charge is -2.35. The molecule has 128 valence electrons. The Hall–Kier alpha value is -1.84. The number of rotatable bonds is 7. The Morgan fingerprint density at radius 3 is 2.12 bits per heavy atom. The molecular weight excluding hydrogens is 322 g/mol. The molecule has 2 aromatic carbocycles. The Morgan fingerprint density at radius 2 is 1.62 bits per heavy atom. The molecule has 0 aliphatic heterocycles. The van der Waals surface area contributed by atoms with Crippen LogP contribution in [-0.4, -0.2) is 16.6 Å². The van der Waals surface area contributed by atoms with Gasteiger partial charge in [-0.05, 0) is 54.7 Å². The molecule has 2 N–H and O–H groups in total. The van der Waals surface area contributed by atoms with E-state index in [-0.39, 0.29) is 5.54 Å². The van der Waals surface area contributed by atoms with E-state index in [0.29, 0.717) is 18.0 Å². The minimum Gasteiger partial charge on any atom is -0.478 e. The predicted molar refractivity (Wildman–Crippen MR) is 98.6 cm³/mol. The van der Waals surface area contributed by atoms with E-state index in [0.717, 1.165) is 17.0 Å². The number of nitrogens with one attached hydrogen (secondary N) is 1. The topological polar surface area (TPSA) is 49.3 Å². The molecule has 0 spiro atoms. The summed E-state index contributed by atoms with van der Waals surface area (Å²) in [5, 5.41) is 13.4. The maximum atomic E-state index is 10.9. The Bertz CT molecular complexity index is 680. The Balaban J connectivity index is 2.06. The van der Waals surface area contributed by atoms with Gasteiger partial charge in [0.25, 0.3) is 0 Å². The normalized spacial score (nSPS) is 13.7. The lowest BCUT2D eigenvalue weighted by atomic mass is 9.82. The molecular formula is C20H24ClNO2. The van der Waals surface area contributed by atoms with Gasteiger partial charge >= 0.3 is 5.97 Å². The highest BCUT2D eigenvalue weighted by atomic mass is 35.5. The molecule has 4 heteroatoms. The van der Waals surface area contributed by atoms with Gasteiger partial charge in [-0.15, -0.1) is 0 Å². The quantitative estimate of drug-likeness (QED) is 0.758. The second-order valence-corrected chi connectivity index (χ2v) is 7.17. The summed E-state index contributed by atoms with van der Waals surface area (Å²) in [5.41, 5.74) is 2.55. The number of carboxylic acids is 1. The molecule has 0 aliphatic rings. The van der Waals surface area contributed by atoms with E-state index in [9.17, 15) is 4.79 Å². The van der Waals surface area contributed by atoms with E-state index in [1.165, 1.54) is 5.56 Å². The maximum absolute atomic E-state index is 10.9. The number of aromatic carboxylic acids is 1. The summed E-state index contributed by atoms with van der Waals surface area (Å²) in [5.74, 6) is -0.462. The van der Waals surface area contributed by atoms with Gasteiger partial charge in [-0.3, -0.25) is 0 Å². The number of benzene rings is 2. The van der Waals surface area contributed by atoms with Crippen LogP contribution in [0.4, 0.5) is 0 Å². The Kier molecular flexibility index (Phi) is 6.03. The second-order valence-electron chi connectivity index (χ2n) is 6.73. The van der Waals surface area contributed by atoms with E-state index < -0.39 is 5.97 Å². The zero-order valence-corrected chi connectivity index (χ0v) is 15.1. The first-order valence-electron chi connectivity index (χ1n) is 8.12. The van der Waals surface area contributed by atoms with Gasteiger partial charge < -0.3 is 10.4 Å². The number of halogens is 1. The van der Waals surface area contributed by atoms with Crippen LogP contribution < -0.4 is 5.32 Å². The summed E-state index contributed by atoms with van der Waals surface area (Å²) >= 11 is 5.96.